The predicted molar refractivity (Wildman–Crippen MR) is 72.8 cm³/mol. The first-order valence-electron chi connectivity index (χ1n) is 6.41. The fourth-order valence-corrected chi connectivity index (χ4v) is 2.15. The van der Waals surface area contributed by atoms with Gasteiger partial charge in [-0.2, -0.15) is 0 Å². The van der Waals surface area contributed by atoms with Crippen LogP contribution in [-0.4, -0.2) is 24.5 Å². The van der Waals surface area contributed by atoms with Crippen molar-refractivity contribution < 1.29 is 0 Å². The molecule has 0 unspecified atom stereocenters. The van der Waals surface area contributed by atoms with Crippen LogP contribution in [0.1, 0.15) is 24.0 Å². The molecule has 1 aromatic rings. The highest BCUT2D eigenvalue weighted by Crippen LogP contribution is 2.28. The molecule has 1 N–H and O–H groups in total. The average Bonchev–Trinajstić information content (AvgIpc) is 3.15. The first kappa shape index (κ1) is 12.3. The average molecular weight is 230 g/mol. The van der Waals surface area contributed by atoms with E-state index < -0.39 is 0 Å². The van der Waals surface area contributed by atoms with Gasteiger partial charge in [0.1, 0.15) is 0 Å². The lowest BCUT2D eigenvalue weighted by molar-refractivity contribution is 0.284. The third-order valence-electron chi connectivity index (χ3n) is 3.22. The molecule has 1 fully saturated rings. The van der Waals surface area contributed by atoms with Crippen LogP contribution >= 0.6 is 0 Å². The summed E-state index contributed by atoms with van der Waals surface area (Å²) in [5.74, 6) is 0. The molecule has 2 nitrogen and oxygen atoms in total. The summed E-state index contributed by atoms with van der Waals surface area (Å²) in [7, 11) is 1.98. The van der Waals surface area contributed by atoms with Gasteiger partial charge in [0.15, 0.2) is 0 Å². The Morgan fingerprint density at radius 2 is 1.94 bits per heavy atom. The molecule has 2 heteroatoms. The summed E-state index contributed by atoms with van der Waals surface area (Å²) >= 11 is 0. The fourth-order valence-electron chi connectivity index (χ4n) is 2.15. The molecule has 0 heterocycles. The first-order chi connectivity index (χ1) is 8.33. The molecule has 1 saturated carbocycles. The third kappa shape index (κ3) is 3.69. The van der Waals surface area contributed by atoms with Gasteiger partial charge in [0, 0.05) is 25.7 Å². The van der Waals surface area contributed by atoms with Gasteiger partial charge >= 0.3 is 0 Å². The quantitative estimate of drug-likeness (QED) is 0.724. The topological polar surface area (TPSA) is 15.3 Å². The minimum Gasteiger partial charge on any atom is -0.316 e. The van der Waals surface area contributed by atoms with Gasteiger partial charge in [0.25, 0.3) is 0 Å². The number of hydrogen-bond donors (Lipinski definition) is 1. The number of rotatable bonds is 7. The molecule has 0 bridgehead atoms. The molecule has 0 radical (unpaired) electrons. The molecule has 0 aromatic heterocycles. The molecule has 0 amide bonds. The minimum atomic E-state index is 0.796. The van der Waals surface area contributed by atoms with E-state index in [0.717, 1.165) is 25.7 Å². The van der Waals surface area contributed by atoms with Crippen LogP contribution < -0.4 is 5.32 Å². The van der Waals surface area contributed by atoms with Crippen LogP contribution in [0.3, 0.4) is 0 Å². The summed E-state index contributed by atoms with van der Waals surface area (Å²) < 4.78 is 0. The smallest absolute Gasteiger partial charge is 0.0239 e. The van der Waals surface area contributed by atoms with Gasteiger partial charge in [-0.05, 0) is 31.0 Å². The van der Waals surface area contributed by atoms with E-state index in [0.29, 0.717) is 0 Å². The van der Waals surface area contributed by atoms with E-state index in [4.69, 9.17) is 0 Å². The molecule has 0 spiro atoms. The fraction of sp³-hybridized carbons (Fsp3) is 0.467. The van der Waals surface area contributed by atoms with Crippen LogP contribution in [0.5, 0.6) is 0 Å². The predicted octanol–water partition coefficient (Wildman–Crippen LogP) is 2.56. The summed E-state index contributed by atoms with van der Waals surface area (Å²) in [4.78, 5) is 2.51. The Labute approximate surface area is 104 Å². The maximum atomic E-state index is 3.84. The number of hydrogen-bond acceptors (Lipinski definition) is 2. The molecule has 0 atom stereocenters. The van der Waals surface area contributed by atoms with Crippen LogP contribution in [0.15, 0.2) is 36.9 Å². The Balaban J connectivity index is 1.94. The summed E-state index contributed by atoms with van der Waals surface area (Å²) in [5, 5.41) is 3.17. The summed E-state index contributed by atoms with van der Waals surface area (Å²) in [6.07, 6.45) is 4.71. The highest BCUT2D eigenvalue weighted by Gasteiger charge is 2.27. The first-order valence-corrected chi connectivity index (χ1v) is 6.41. The molecular weight excluding hydrogens is 208 g/mol. The lowest BCUT2D eigenvalue weighted by atomic mass is 10.1. The lowest BCUT2D eigenvalue weighted by Crippen LogP contribution is -2.25. The number of benzene rings is 1. The van der Waals surface area contributed by atoms with Crippen molar-refractivity contribution in [1.29, 1.82) is 0 Å². The van der Waals surface area contributed by atoms with Crippen molar-refractivity contribution in [2.45, 2.75) is 32.0 Å². The largest absolute Gasteiger partial charge is 0.316 e. The normalized spacial score (nSPS) is 15.2. The van der Waals surface area contributed by atoms with E-state index in [2.05, 4.69) is 41.1 Å². The number of nitrogens with one attached hydrogen (secondary N) is 1. The van der Waals surface area contributed by atoms with Crippen molar-refractivity contribution in [1.82, 2.24) is 10.2 Å². The van der Waals surface area contributed by atoms with E-state index in [1.54, 1.807) is 0 Å². The molecule has 0 saturated heterocycles. The van der Waals surface area contributed by atoms with Crippen molar-refractivity contribution in [2.75, 3.05) is 13.6 Å². The zero-order chi connectivity index (χ0) is 12.1. The van der Waals surface area contributed by atoms with Gasteiger partial charge in [-0.25, -0.2) is 0 Å². The molecule has 0 aliphatic heterocycles. The van der Waals surface area contributed by atoms with Crippen molar-refractivity contribution in [2.24, 2.45) is 0 Å². The van der Waals surface area contributed by atoms with Crippen molar-refractivity contribution in [3.63, 3.8) is 0 Å². The van der Waals surface area contributed by atoms with E-state index in [1.165, 1.54) is 24.0 Å². The van der Waals surface area contributed by atoms with Crippen molar-refractivity contribution >= 4 is 0 Å². The molecule has 1 aromatic carbocycles. The lowest BCUT2D eigenvalue weighted by Gasteiger charge is -2.20. The highest BCUT2D eigenvalue weighted by molar-refractivity contribution is 5.22. The molecule has 1 aliphatic rings. The van der Waals surface area contributed by atoms with Crippen LogP contribution in [0, 0.1) is 0 Å². The van der Waals surface area contributed by atoms with Gasteiger partial charge in [0.05, 0.1) is 0 Å². The monoisotopic (exact) mass is 230 g/mol. The maximum absolute atomic E-state index is 3.84. The summed E-state index contributed by atoms with van der Waals surface area (Å²) in [6, 6.07) is 9.70. The zero-order valence-corrected chi connectivity index (χ0v) is 10.7. The van der Waals surface area contributed by atoms with Crippen LogP contribution in [0.25, 0.3) is 0 Å². The van der Waals surface area contributed by atoms with E-state index in [1.807, 2.05) is 13.1 Å². The molecular formula is C15H22N2. The molecule has 1 aliphatic carbocycles. The molecule has 17 heavy (non-hydrogen) atoms. The molecule has 92 valence electrons. The van der Waals surface area contributed by atoms with E-state index in [9.17, 15) is 0 Å². The SMILES string of the molecule is C=CCN(Cc1ccc(CNC)cc1)C1CC1. The zero-order valence-electron chi connectivity index (χ0n) is 10.7. The third-order valence-corrected chi connectivity index (χ3v) is 3.22. The van der Waals surface area contributed by atoms with Gasteiger partial charge in [-0.3, -0.25) is 4.90 Å². The van der Waals surface area contributed by atoms with Crippen molar-refractivity contribution in [3.05, 3.63) is 48.0 Å². The Bertz CT molecular complexity index is 352. The highest BCUT2D eigenvalue weighted by atomic mass is 15.2. The minimum absolute atomic E-state index is 0.796. The standard InChI is InChI=1S/C15H22N2/c1-3-10-17(15-8-9-15)12-14-6-4-13(5-7-14)11-16-2/h3-7,15-16H,1,8-12H2,2H3. The van der Waals surface area contributed by atoms with E-state index in [-0.39, 0.29) is 0 Å². The van der Waals surface area contributed by atoms with Crippen LogP contribution in [0.2, 0.25) is 0 Å². The Hall–Kier alpha value is -1.12. The number of nitrogens with zero attached hydrogens (tertiary/aromatic N) is 1. The van der Waals surface area contributed by atoms with Crippen LogP contribution in [-0.2, 0) is 13.1 Å². The summed E-state index contributed by atoms with van der Waals surface area (Å²) in [5.41, 5.74) is 2.75. The van der Waals surface area contributed by atoms with Gasteiger partial charge < -0.3 is 5.32 Å². The van der Waals surface area contributed by atoms with Crippen molar-refractivity contribution in [3.8, 4) is 0 Å². The Morgan fingerprint density at radius 3 is 2.47 bits per heavy atom. The van der Waals surface area contributed by atoms with Gasteiger partial charge in [0.2, 0.25) is 0 Å². The van der Waals surface area contributed by atoms with Gasteiger partial charge in [-0.15, -0.1) is 6.58 Å². The Morgan fingerprint density at radius 1 is 1.29 bits per heavy atom. The van der Waals surface area contributed by atoms with E-state index >= 15 is 0 Å². The second-order valence-electron chi connectivity index (χ2n) is 4.80. The van der Waals surface area contributed by atoms with Gasteiger partial charge in [-0.1, -0.05) is 30.3 Å². The second-order valence-corrected chi connectivity index (χ2v) is 4.80. The van der Waals surface area contributed by atoms with Crippen LogP contribution in [0.4, 0.5) is 0 Å². The molecule has 2 rings (SSSR count). The summed E-state index contributed by atoms with van der Waals surface area (Å²) in [6.45, 7) is 6.84. The Kier molecular flexibility index (Phi) is 4.35. The maximum Gasteiger partial charge on any atom is 0.0239 e. The second kappa shape index (κ2) is 5.99.